The van der Waals surface area contributed by atoms with Gasteiger partial charge in [0.1, 0.15) is 0 Å². The number of rotatable bonds is 4. The largest absolute Gasteiger partial charge is 0.265 e. The fourth-order valence-electron chi connectivity index (χ4n) is 4.75. The van der Waals surface area contributed by atoms with Gasteiger partial charge < -0.3 is 0 Å². The lowest BCUT2D eigenvalue weighted by molar-refractivity contribution is 1.18. The van der Waals surface area contributed by atoms with E-state index in [4.69, 9.17) is 9.97 Å². The molecule has 0 aliphatic rings. The van der Waals surface area contributed by atoms with Crippen molar-refractivity contribution in [3.63, 3.8) is 0 Å². The van der Waals surface area contributed by atoms with Crippen molar-refractivity contribution in [2.45, 2.75) is 0 Å². The Morgan fingerprint density at radius 2 is 1.14 bits per heavy atom. The van der Waals surface area contributed by atoms with Gasteiger partial charge in [-0.3, -0.25) is 4.98 Å². The van der Waals surface area contributed by atoms with Gasteiger partial charge in [0.2, 0.25) is 0 Å². The summed E-state index contributed by atoms with van der Waals surface area (Å²) >= 11 is 1.83. The molecule has 3 aromatic heterocycles. The molecule has 0 spiro atoms. The van der Waals surface area contributed by atoms with Crippen molar-refractivity contribution in [1.82, 2.24) is 15.0 Å². The lowest BCUT2D eigenvalue weighted by Crippen LogP contribution is -1.96. The van der Waals surface area contributed by atoms with Crippen LogP contribution in [0.15, 0.2) is 128 Å². The monoisotopic (exact) mass is 491 g/mol. The SMILES string of the molecule is c1ccc(-c2cc(-c3ccc4sc5ccccc5c4c3)nc(-c3cccc(-c4ccncc4)c3)n2)cc1. The van der Waals surface area contributed by atoms with E-state index in [0.717, 1.165) is 39.2 Å². The third kappa shape index (κ3) is 4.07. The Hall–Kier alpha value is -4.67. The molecule has 174 valence electrons. The van der Waals surface area contributed by atoms with Crippen LogP contribution < -0.4 is 0 Å². The Morgan fingerprint density at radius 3 is 2.00 bits per heavy atom. The van der Waals surface area contributed by atoms with Gasteiger partial charge in [-0.15, -0.1) is 11.3 Å². The summed E-state index contributed by atoms with van der Waals surface area (Å²) in [6, 6.07) is 40.1. The van der Waals surface area contributed by atoms with Crippen molar-refractivity contribution in [2.75, 3.05) is 0 Å². The van der Waals surface area contributed by atoms with Crippen LogP contribution in [-0.2, 0) is 0 Å². The standard InChI is InChI=1S/C33H21N3S/c1-2-7-23(8-3-1)29-21-30(25-13-14-32-28(20-25)27-11-4-5-12-31(27)37-32)36-33(35-29)26-10-6-9-24(19-26)22-15-17-34-18-16-22/h1-21H. The third-order valence-corrected chi connectivity index (χ3v) is 7.75. The second-order valence-electron chi connectivity index (χ2n) is 8.95. The summed E-state index contributed by atoms with van der Waals surface area (Å²) in [5.41, 5.74) is 7.19. The van der Waals surface area contributed by atoms with E-state index in [1.54, 1.807) is 0 Å². The first-order valence-corrected chi connectivity index (χ1v) is 13.0. The number of nitrogens with zero attached hydrogens (tertiary/aromatic N) is 3. The van der Waals surface area contributed by atoms with Crippen molar-refractivity contribution in [3.05, 3.63) is 128 Å². The molecule has 3 heterocycles. The number of aromatic nitrogens is 3. The molecule has 7 rings (SSSR count). The van der Waals surface area contributed by atoms with Gasteiger partial charge in [0.15, 0.2) is 5.82 Å². The van der Waals surface area contributed by atoms with Crippen LogP contribution in [0.3, 0.4) is 0 Å². The number of fused-ring (bicyclic) bond motifs is 3. The highest BCUT2D eigenvalue weighted by Gasteiger charge is 2.13. The average Bonchev–Trinajstić information content (AvgIpc) is 3.36. The molecule has 3 nitrogen and oxygen atoms in total. The molecule has 4 heteroatoms. The highest BCUT2D eigenvalue weighted by atomic mass is 32.1. The van der Waals surface area contributed by atoms with Gasteiger partial charge in [-0.25, -0.2) is 9.97 Å². The molecule has 0 saturated heterocycles. The van der Waals surface area contributed by atoms with E-state index in [1.807, 2.05) is 54.1 Å². The molecule has 4 aromatic carbocycles. The summed E-state index contributed by atoms with van der Waals surface area (Å²) in [6.07, 6.45) is 3.63. The molecule has 7 aromatic rings. The number of hydrogen-bond donors (Lipinski definition) is 0. The van der Waals surface area contributed by atoms with Crippen LogP contribution in [0, 0.1) is 0 Å². The minimum Gasteiger partial charge on any atom is -0.265 e. The first-order chi connectivity index (χ1) is 18.3. The molecule has 0 amide bonds. The number of benzene rings is 4. The molecule has 0 aliphatic heterocycles. The van der Waals surface area contributed by atoms with E-state index in [0.29, 0.717) is 5.82 Å². The fraction of sp³-hybridized carbons (Fsp3) is 0. The second kappa shape index (κ2) is 9.08. The summed E-state index contributed by atoms with van der Waals surface area (Å²) in [5.74, 6) is 0.711. The smallest absolute Gasteiger partial charge is 0.160 e. The zero-order chi connectivity index (χ0) is 24.6. The molecule has 0 radical (unpaired) electrons. The van der Waals surface area contributed by atoms with Gasteiger partial charge in [-0.05, 0) is 53.6 Å². The van der Waals surface area contributed by atoms with Crippen molar-refractivity contribution >= 4 is 31.5 Å². The quantitative estimate of drug-likeness (QED) is 0.247. The Morgan fingerprint density at radius 1 is 0.432 bits per heavy atom. The van der Waals surface area contributed by atoms with Crippen molar-refractivity contribution < 1.29 is 0 Å². The van der Waals surface area contributed by atoms with Gasteiger partial charge in [0.25, 0.3) is 0 Å². The Labute approximate surface area is 218 Å². The zero-order valence-electron chi connectivity index (χ0n) is 19.9. The van der Waals surface area contributed by atoms with Crippen molar-refractivity contribution in [3.8, 4) is 45.0 Å². The predicted octanol–water partition coefficient (Wildman–Crippen LogP) is 8.91. The molecule has 0 fully saturated rings. The van der Waals surface area contributed by atoms with Gasteiger partial charge in [-0.2, -0.15) is 0 Å². The normalized spacial score (nSPS) is 11.2. The second-order valence-corrected chi connectivity index (χ2v) is 10.0. The molecule has 0 unspecified atom stereocenters. The summed E-state index contributed by atoms with van der Waals surface area (Å²) in [7, 11) is 0. The first kappa shape index (κ1) is 21.6. The Kier molecular flexibility index (Phi) is 5.30. The van der Waals surface area contributed by atoms with Crippen LogP contribution in [0.5, 0.6) is 0 Å². The highest BCUT2D eigenvalue weighted by molar-refractivity contribution is 7.25. The van der Waals surface area contributed by atoms with Crippen LogP contribution in [0.1, 0.15) is 0 Å². The zero-order valence-corrected chi connectivity index (χ0v) is 20.7. The lowest BCUT2D eigenvalue weighted by atomic mass is 10.0. The van der Waals surface area contributed by atoms with Gasteiger partial charge in [0.05, 0.1) is 11.4 Å². The van der Waals surface area contributed by atoms with Crippen LogP contribution in [0.2, 0.25) is 0 Å². The Balaban J connectivity index is 1.41. The summed E-state index contributed by atoms with van der Waals surface area (Å²) in [4.78, 5) is 14.3. The van der Waals surface area contributed by atoms with Gasteiger partial charge >= 0.3 is 0 Å². The van der Waals surface area contributed by atoms with E-state index in [1.165, 1.54) is 20.2 Å². The van der Waals surface area contributed by atoms with Gasteiger partial charge in [-0.1, -0.05) is 72.8 Å². The maximum Gasteiger partial charge on any atom is 0.160 e. The van der Waals surface area contributed by atoms with Crippen LogP contribution >= 0.6 is 11.3 Å². The number of thiophene rings is 1. The summed E-state index contributed by atoms with van der Waals surface area (Å²) in [6.45, 7) is 0. The maximum absolute atomic E-state index is 5.09. The summed E-state index contributed by atoms with van der Waals surface area (Å²) in [5, 5.41) is 2.55. The first-order valence-electron chi connectivity index (χ1n) is 12.2. The average molecular weight is 492 g/mol. The van der Waals surface area contributed by atoms with E-state index in [2.05, 4.69) is 89.9 Å². The van der Waals surface area contributed by atoms with Crippen molar-refractivity contribution in [2.24, 2.45) is 0 Å². The molecule has 0 aliphatic carbocycles. The van der Waals surface area contributed by atoms with E-state index >= 15 is 0 Å². The topological polar surface area (TPSA) is 38.7 Å². The predicted molar refractivity (Wildman–Crippen MR) is 154 cm³/mol. The Bertz CT molecular complexity index is 1880. The molecular weight excluding hydrogens is 470 g/mol. The van der Waals surface area contributed by atoms with E-state index in [9.17, 15) is 0 Å². The molecule has 0 saturated carbocycles. The van der Waals surface area contributed by atoms with E-state index in [-0.39, 0.29) is 0 Å². The molecule has 0 atom stereocenters. The molecular formula is C33H21N3S. The third-order valence-electron chi connectivity index (χ3n) is 6.60. The molecule has 37 heavy (non-hydrogen) atoms. The minimum atomic E-state index is 0.711. The molecule has 0 N–H and O–H groups in total. The molecule has 0 bridgehead atoms. The number of hydrogen-bond acceptors (Lipinski definition) is 4. The maximum atomic E-state index is 5.09. The van der Waals surface area contributed by atoms with Crippen LogP contribution in [-0.4, -0.2) is 15.0 Å². The van der Waals surface area contributed by atoms with Crippen LogP contribution in [0.25, 0.3) is 65.2 Å². The fourth-order valence-corrected chi connectivity index (χ4v) is 5.84. The van der Waals surface area contributed by atoms with Crippen molar-refractivity contribution in [1.29, 1.82) is 0 Å². The van der Waals surface area contributed by atoms with Crippen LogP contribution in [0.4, 0.5) is 0 Å². The highest BCUT2D eigenvalue weighted by Crippen LogP contribution is 2.37. The lowest BCUT2D eigenvalue weighted by Gasteiger charge is -2.11. The van der Waals surface area contributed by atoms with E-state index < -0.39 is 0 Å². The minimum absolute atomic E-state index is 0.711. The van der Waals surface area contributed by atoms with Gasteiger partial charge in [0, 0.05) is 49.3 Å². The summed E-state index contributed by atoms with van der Waals surface area (Å²) < 4.78 is 2.59. The number of pyridine rings is 1.